The number of benzene rings is 1. The van der Waals surface area contributed by atoms with E-state index < -0.39 is 0 Å². The molecule has 0 spiro atoms. The summed E-state index contributed by atoms with van der Waals surface area (Å²) < 4.78 is 5.51. The van der Waals surface area contributed by atoms with Crippen LogP contribution in [0.3, 0.4) is 0 Å². The van der Waals surface area contributed by atoms with E-state index in [2.05, 4.69) is 12.2 Å². The van der Waals surface area contributed by atoms with Crippen molar-refractivity contribution in [3.8, 4) is 11.5 Å². The molecule has 0 saturated heterocycles. The van der Waals surface area contributed by atoms with Crippen LogP contribution in [0.5, 0.6) is 11.5 Å². The van der Waals surface area contributed by atoms with Crippen molar-refractivity contribution >= 4 is 0 Å². The lowest BCUT2D eigenvalue weighted by molar-refractivity contribution is 0.231. The highest BCUT2D eigenvalue weighted by Crippen LogP contribution is 2.33. The molecule has 1 aliphatic rings. The van der Waals surface area contributed by atoms with Crippen LogP contribution < -0.4 is 10.1 Å². The second-order valence-electron chi connectivity index (χ2n) is 3.54. The van der Waals surface area contributed by atoms with Gasteiger partial charge in [-0.25, -0.2) is 0 Å². The normalized spacial score (nSPS) is 19.9. The molecule has 0 fully saturated rings. The predicted molar refractivity (Wildman–Crippen MR) is 54.8 cm³/mol. The van der Waals surface area contributed by atoms with Crippen LogP contribution in [-0.4, -0.2) is 24.3 Å². The largest absolute Gasteiger partial charge is 0.504 e. The topological polar surface area (TPSA) is 41.5 Å². The van der Waals surface area contributed by atoms with Gasteiger partial charge in [0.2, 0.25) is 0 Å². The summed E-state index contributed by atoms with van der Waals surface area (Å²) in [5, 5.41) is 12.9. The Labute approximate surface area is 83.7 Å². The first kappa shape index (κ1) is 9.34. The number of rotatable bonds is 2. The number of phenols is 1. The van der Waals surface area contributed by atoms with Crippen molar-refractivity contribution in [3.05, 3.63) is 23.8 Å². The molecule has 0 amide bonds. The highest BCUT2D eigenvalue weighted by atomic mass is 16.5. The zero-order valence-electron chi connectivity index (χ0n) is 8.29. The van der Waals surface area contributed by atoms with Crippen LogP contribution in [0.25, 0.3) is 0 Å². The fraction of sp³-hybridized carbons (Fsp3) is 0.455. The number of fused-ring (bicyclic) bond motifs is 1. The van der Waals surface area contributed by atoms with E-state index in [0.29, 0.717) is 18.4 Å². The van der Waals surface area contributed by atoms with Crippen LogP contribution in [0.2, 0.25) is 0 Å². The highest BCUT2D eigenvalue weighted by Gasteiger charge is 2.20. The Hall–Kier alpha value is -1.22. The molecule has 76 valence electrons. The number of para-hydroxylation sites is 1. The second kappa shape index (κ2) is 3.88. The van der Waals surface area contributed by atoms with Gasteiger partial charge in [0.25, 0.3) is 0 Å². The van der Waals surface area contributed by atoms with Crippen LogP contribution in [0.1, 0.15) is 12.5 Å². The fourth-order valence-electron chi connectivity index (χ4n) is 1.83. The van der Waals surface area contributed by atoms with Gasteiger partial charge in [-0.05, 0) is 24.6 Å². The average molecular weight is 193 g/mol. The average Bonchev–Trinajstić information content (AvgIpc) is 2.18. The number of phenolic OH excluding ortho intramolecular Hbond substituents is 1. The summed E-state index contributed by atoms with van der Waals surface area (Å²) in [4.78, 5) is 0. The molecule has 0 radical (unpaired) electrons. The second-order valence-corrected chi connectivity index (χ2v) is 3.54. The van der Waals surface area contributed by atoms with Gasteiger partial charge in [0.1, 0.15) is 6.61 Å². The summed E-state index contributed by atoms with van der Waals surface area (Å²) in [6.45, 7) is 3.67. The molecule has 0 saturated carbocycles. The Morgan fingerprint density at radius 1 is 1.57 bits per heavy atom. The van der Waals surface area contributed by atoms with E-state index in [0.717, 1.165) is 18.5 Å². The lowest BCUT2D eigenvalue weighted by Gasteiger charge is -2.26. The number of aromatic hydroxyl groups is 1. The SMILES string of the molecule is CCNC1COc2c(O)cccc2C1. The molecule has 1 atom stereocenters. The van der Waals surface area contributed by atoms with E-state index in [4.69, 9.17) is 4.74 Å². The van der Waals surface area contributed by atoms with Gasteiger partial charge in [-0.15, -0.1) is 0 Å². The molecule has 1 aromatic carbocycles. The van der Waals surface area contributed by atoms with Crippen LogP contribution in [0.4, 0.5) is 0 Å². The summed E-state index contributed by atoms with van der Waals surface area (Å²) in [7, 11) is 0. The van der Waals surface area contributed by atoms with Crippen LogP contribution in [-0.2, 0) is 6.42 Å². The van der Waals surface area contributed by atoms with E-state index in [1.165, 1.54) is 0 Å². The molecule has 1 aliphatic heterocycles. The minimum absolute atomic E-state index is 0.248. The first-order valence-electron chi connectivity index (χ1n) is 4.98. The summed E-state index contributed by atoms with van der Waals surface area (Å²) in [6, 6.07) is 5.88. The van der Waals surface area contributed by atoms with Crippen molar-refractivity contribution in [1.29, 1.82) is 0 Å². The van der Waals surface area contributed by atoms with Crippen molar-refractivity contribution in [2.24, 2.45) is 0 Å². The highest BCUT2D eigenvalue weighted by molar-refractivity contribution is 5.47. The third-order valence-corrected chi connectivity index (χ3v) is 2.46. The molecule has 3 heteroatoms. The molecule has 0 bridgehead atoms. The predicted octanol–water partition coefficient (Wildman–Crippen LogP) is 1.31. The maximum absolute atomic E-state index is 9.53. The summed E-state index contributed by atoms with van der Waals surface area (Å²) in [5.74, 6) is 0.902. The number of likely N-dealkylation sites (N-methyl/N-ethyl adjacent to an activating group) is 1. The van der Waals surface area contributed by atoms with Gasteiger partial charge >= 0.3 is 0 Å². The van der Waals surface area contributed by atoms with Gasteiger partial charge in [-0.2, -0.15) is 0 Å². The molecule has 1 aromatic rings. The molecule has 0 aromatic heterocycles. The molecular weight excluding hydrogens is 178 g/mol. The lowest BCUT2D eigenvalue weighted by Crippen LogP contribution is -2.39. The van der Waals surface area contributed by atoms with Gasteiger partial charge < -0.3 is 15.2 Å². The molecule has 1 heterocycles. The minimum atomic E-state index is 0.248. The maximum Gasteiger partial charge on any atom is 0.164 e. The van der Waals surface area contributed by atoms with Gasteiger partial charge in [0.05, 0.1) is 0 Å². The Balaban J connectivity index is 2.18. The van der Waals surface area contributed by atoms with E-state index in [1.54, 1.807) is 6.07 Å². The Bertz CT molecular complexity index is 325. The lowest BCUT2D eigenvalue weighted by atomic mass is 10.0. The van der Waals surface area contributed by atoms with Crippen LogP contribution in [0, 0.1) is 0 Å². The van der Waals surface area contributed by atoms with E-state index in [-0.39, 0.29) is 5.75 Å². The summed E-state index contributed by atoms with van der Waals surface area (Å²) in [6.07, 6.45) is 0.928. The molecule has 14 heavy (non-hydrogen) atoms. The number of nitrogens with one attached hydrogen (secondary N) is 1. The third kappa shape index (κ3) is 1.68. The quantitative estimate of drug-likeness (QED) is 0.744. The Morgan fingerprint density at radius 3 is 3.21 bits per heavy atom. The first-order valence-corrected chi connectivity index (χ1v) is 4.98. The summed E-state index contributed by atoms with van der Waals surface area (Å²) >= 11 is 0. The minimum Gasteiger partial charge on any atom is -0.504 e. The maximum atomic E-state index is 9.53. The van der Waals surface area contributed by atoms with Crippen molar-refractivity contribution < 1.29 is 9.84 Å². The molecule has 3 nitrogen and oxygen atoms in total. The van der Waals surface area contributed by atoms with E-state index >= 15 is 0 Å². The Kier molecular flexibility index (Phi) is 2.59. The fourth-order valence-corrected chi connectivity index (χ4v) is 1.83. The van der Waals surface area contributed by atoms with E-state index in [1.807, 2.05) is 12.1 Å². The number of hydrogen-bond acceptors (Lipinski definition) is 3. The van der Waals surface area contributed by atoms with E-state index in [9.17, 15) is 5.11 Å². The zero-order chi connectivity index (χ0) is 9.97. The van der Waals surface area contributed by atoms with Gasteiger partial charge in [-0.3, -0.25) is 0 Å². The molecule has 2 rings (SSSR count). The molecule has 1 unspecified atom stereocenters. The molecule has 0 aliphatic carbocycles. The first-order chi connectivity index (χ1) is 6.81. The standard InChI is InChI=1S/C11H15NO2/c1-2-12-9-6-8-4-3-5-10(13)11(8)14-7-9/h3-5,9,12-13H,2,6-7H2,1H3. The third-order valence-electron chi connectivity index (χ3n) is 2.46. The van der Waals surface area contributed by atoms with Gasteiger partial charge in [0, 0.05) is 6.04 Å². The van der Waals surface area contributed by atoms with Crippen molar-refractivity contribution in [2.45, 2.75) is 19.4 Å². The number of hydrogen-bond donors (Lipinski definition) is 2. The van der Waals surface area contributed by atoms with Crippen LogP contribution >= 0.6 is 0 Å². The van der Waals surface area contributed by atoms with Crippen molar-refractivity contribution in [2.75, 3.05) is 13.2 Å². The van der Waals surface area contributed by atoms with Crippen molar-refractivity contribution in [1.82, 2.24) is 5.32 Å². The van der Waals surface area contributed by atoms with Gasteiger partial charge in [-0.1, -0.05) is 19.1 Å². The Morgan fingerprint density at radius 2 is 2.43 bits per heavy atom. The van der Waals surface area contributed by atoms with Crippen molar-refractivity contribution in [3.63, 3.8) is 0 Å². The smallest absolute Gasteiger partial charge is 0.164 e. The number of ether oxygens (including phenoxy) is 1. The molecular formula is C11H15NO2. The van der Waals surface area contributed by atoms with Gasteiger partial charge in [0.15, 0.2) is 11.5 Å². The molecule has 2 N–H and O–H groups in total. The summed E-state index contributed by atoms with van der Waals surface area (Å²) in [5.41, 5.74) is 1.09. The zero-order valence-corrected chi connectivity index (χ0v) is 8.29. The monoisotopic (exact) mass is 193 g/mol. The van der Waals surface area contributed by atoms with Crippen LogP contribution in [0.15, 0.2) is 18.2 Å².